The van der Waals surface area contributed by atoms with Gasteiger partial charge in [-0.15, -0.1) is 5.10 Å². The van der Waals surface area contributed by atoms with Gasteiger partial charge in [0.05, 0.1) is 13.5 Å². The lowest BCUT2D eigenvalue weighted by atomic mass is 10.0. The molecule has 1 radical (unpaired) electrons. The summed E-state index contributed by atoms with van der Waals surface area (Å²) in [6, 6.07) is 13.3. The topological polar surface area (TPSA) is 152 Å². The van der Waals surface area contributed by atoms with Gasteiger partial charge in [0.2, 0.25) is 5.91 Å². The molecule has 3 heterocycles. The number of aromatic amines is 2. The minimum atomic E-state index is -0.310. The van der Waals surface area contributed by atoms with E-state index in [0.29, 0.717) is 30.9 Å². The number of benzene rings is 2. The van der Waals surface area contributed by atoms with E-state index in [0.717, 1.165) is 64.0 Å². The fourth-order valence-electron chi connectivity index (χ4n) is 5.20. The summed E-state index contributed by atoms with van der Waals surface area (Å²) in [6.07, 6.45) is 6.47. The van der Waals surface area contributed by atoms with Crippen molar-refractivity contribution in [3.05, 3.63) is 65.5 Å². The van der Waals surface area contributed by atoms with E-state index in [1.807, 2.05) is 56.3 Å². The van der Waals surface area contributed by atoms with E-state index in [-0.39, 0.29) is 24.2 Å². The number of amides is 1. The van der Waals surface area contributed by atoms with Crippen LogP contribution in [0.3, 0.4) is 0 Å². The highest BCUT2D eigenvalue weighted by Crippen LogP contribution is 2.27. The van der Waals surface area contributed by atoms with E-state index in [9.17, 15) is 9.59 Å². The van der Waals surface area contributed by atoms with Crippen molar-refractivity contribution < 1.29 is 14.3 Å². The van der Waals surface area contributed by atoms with E-state index in [1.54, 1.807) is 13.3 Å². The van der Waals surface area contributed by atoms with Gasteiger partial charge >= 0.3 is 5.84 Å². The molecule has 0 saturated heterocycles. The predicted octanol–water partition coefficient (Wildman–Crippen LogP) is 3.96. The fourth-order valence-corrected chi connectivity index (χ4v) is 5.20. The number of rotatable bonds is 14. The van der Waals surface area contributed by atoms with Gasteiger partial charge in [-0.05, 0) is 65.0 Å². The van der Waals surface area contributed by atoms with Crippen molar-refractivity contribution in [2.45, 2.75) is 64.8 Å². The van der Waals surface area contributed by atoms with Crippen LogP contribution in [0.4, 0.5) is 0 Å². The maximum Gasteiger partial charge on any atom is 0.319 e. The standard InChI is InChI=1S/C31H36N8O3/c1-4-22(40)11-6-5-7-12-27(34-29(41)17-24-19(2)33-26-14-13-23(42-3)16-25(24)26)31-32-18-28(35-31)20-9-8-10-21(15-20)30-36-38-39-37-30/h8-10,13-16,18,27,33,35H,4-7,11-12,17H2,1-3H3,(H,34,41)(H,36,37,38,39)/q+1/t27-/m0/s1. The second-order valence-electron chi connectivity index (χ2n) is 10.4. The fraction of sp³-hybridized carbons (Fsp3) is 0.355. The maximum atomic E-state index is 13.4. The summed E-state index contributed by atoms with van der Waals surface area (Å²) in [4.78, 5) is 33.2. The molecule has 1 atom stereocenters. The van der Waals surface area contributed by atoms with Gasteiger partial charge in [0.15, 0.2) is 17.7 Å². The molecule has 4 N–H and O–H groups in total. The lowest BCUT2D eigenvalue weighted by molar-refractivity contribution is -0.121. The zero-order valence-corrected chi connectivity index (χ0v) is 24.2. The second kappa shape index (κ2) is 13.2. The molecular formula is C31H36N8O3+. The summed E-state index contributed by atoms with van der Waals surface area (Å²) in [5.74, 6) is 2.20. The predicted molar refractivity (Wildman–Crippen MR) is 161 cm³/mol. The maximum absolute atomic E-state index is 13.4. The van der Waals surface area contributed by atoms with Crippen molar-refractivity contribution in [1.29, 1.82) is 0 Å². The number of ether oxygens (including phenoxy) is 1. The largest absolute Gasteiger partial charge is 0.497 e. The summed E-state index contributed by atoms with van der Waals surface area (Å²) in [5.41, 5.74) is 5.46. The van der Waals surface area contributed by atoms with Crippen LogP contribution in [-0.4, -0.2) is 56.3 Å². The molecular weight excluding hydrogens is 532 g/mol. The van der Waals surface area contributed by atoms with Crippen molar-refractivity contribution in [3.8, 4) is 17.1 Å². The van der Waals surface area contributed by atoms with Crippen LogP contribution in [-0.2, 0) is 16.0 Å². The number of unbranched alkanes of at least 4 members (excludes halogenated alkanes) is 2. The number of hydrogen-bond acceptors (Lipinski definition) is 8. The van der Waals surface area contributed by atoms with Crippen LogP contribution in [0.5, 0.6) is 5.75 Å². The average molecular weight is 569 g/mol. The zero-order valence-electron chi connectivity index (χ0n) is 24.2. The minimum Gasteiger partial charge on any atom is -0.497 e. The third-order valence-electron chi connectivity index (χ3n) is 7.56. The number of Topliss-reactive ketones (excluding diaryl/α,β-unsaturated/α-hetero) is 1. The number of methoxy groups -OCH3 is 1. The highest BCUT2D eigenvalue weighted by Gasteiger charge is 2.31. The Hall–Kier alpha value is -4.80. The van der Waals surface area contributed by atoms with Crippen LogP contribution in [0.15, 0.2) is 48.7 Å². The van der Waals surface area contributed by atoms with Gasteiger partial charge in [0.25, 0.3) is 0 Å². The Bertz CT molecular complexity index is 1620. The molecule has 11 heteroatoms. The summed E-state index contributed by atoms with van der Waals surface area (Å²) in [5, 5.41) is 21.7. The minimum absolute atomic E-state index is 0.0919. The molecule has 0 saturated carbocycles. The Morgan fingerprint density at radius 1 is 1.10 bits per heavy atom. The van der Waals surface area contributed by atoms with Gasteiger partial charge in [-0.3, -0.25) is 9.59 Å². The lowest BCUT2D eigenvalue weighted by Gasteiger charge is -2.16. The Labute approximate surface area is 244 Å². The third-order valence-corrected chi connectivity index (χ3v) is 7.56. The third kappa shape index (κ3) is 6.73. The van der Waals surface area contributed by atoms with Crippen molar-refractivity contribution in [2.75, 3.05) is 7.11 Å². The summed E-state index contributed by atoms with van der Waals surface area (Å²) < 4.78 is 5.41. The number of aliphatic imine (C=N–C) groups is 1. The van der Waals surface area contributed by atoms with Crippen LogP contribution >= 0.6 is 0 Å². The molecule has 2 aromatic heterocycles. The van der Waals surface area contributed by atoms with E-state index < -0.39 is 0 Å². The quantitative estimate of drug-likeness (QED) is 0.168. The van der Waals surface area contributed by atoms with Crippen LogP contribution in [0.25, 0.3) is 28.0 Å². The second-order valence-corrected chi connectivity index (χ2v) is 10.4. The molecule has 1 aliphatic rings. The smallest absolute Gasteiger partial charge is 0.319 e. The monoisotopic (exact) mass is 568 g/mol. The molecule has 11 nitrogen and oxygen atoms in total. The molecule has 0 aliphatic carbocycles. The number of aryl methyl sites for hydroxylation is 1. The Kier molecular flexibility index (Phi) is 9.05. The highest BCUT2D eigenvalue weighted by molar-refractivity contribution is 6.00. The Morgan fingerprint density at radius 3 is 2.74 bits per heavy atom. The molecule has 0 fully saturated rings. The van der Waals surface area contributed by atoms with Gasteiger partial charge in [0, 0.05) is 40.6 Å². The number of carbonyl (C=O) groups excluding carboxylic acids is 2. The van der Waals surface area contributed by atoms with Gasteiger partial charge in [0.1, 0.15) is 17.6 Å². The average Bonchev–Trinajstić information content (AvgIpc) is 3.77. The molecule has 0 bridgehead atoms. The first kappa shape index (κ1) is 28.7. The Morgan fingerprint density at radius 2 is 1.95 bits per heavy atom. The van der Waals surface area contributed by atoms with E-state index in [4.69, 9.17) is 4.74 Å². The van der Waals surface area contributed by atoms with Crippen molar-refractivity contribution in [2.24, 2.45) is 0 Å². The van der Waals surface area contributed by atoms with Gasteiger partial charge in [-0.2, -0.15) is 0 Å². The van der Waals surface area contributed by atoms with Crippen LogP contribution in [0, 0.1) is 6.92 Å². The number of tetrazole rings is 1. The number of nitrogens with one attached hydrogen (secondary N) is 4. The van der Waals surface area contributed by atoms with Gasteiger partial charge < -0.3 is 15.0 Å². The number of amidine groups is 1. The molecule has 0 spiro atoms. The molecule has 0 unspecified atom stereocenters. The summed E-state index contributed by atoms with van der Waals surface area (Å²) in [6.45, 7) is 3.87. The number of carbonyl (C=O) groups is 2. The number of aromatic nitrogens is 5. The normalized spacial score (nSPS) is 13.4. The Balaban J connectivity index is 1.28. The molecule has 2 aromatic carbocycles. The first-order valence-electron chi connectivity index (χ1n) is 14.3. The van der Waals surface area contributed by atoms with E-state index >= 15 is 0 Å². The molecule has 1 amide bonds. The first-order valence-corrected chi connectivity index (χ1v) is 14.3. The number of fused-ring (bicyclic) bond motifs is 1. The summed E-state index contributed by atoms with van der Waals surface area (Å²) in [7, 11) is 1.63. The van der Waals surface area contributed by atoms with Crippen LogP contribution in [0.2, 0.25) is 0 Å². The van der Waals surface area contributed by atoms with Crippen molar-refractivity contribution >= 4 is 34.1 Å². The molecule has 217 valence electrons. The number of ketones is 1. The number of H-pyrrole nitrogens is 2. The summed E-state index contributed by atoms with van der Waals surface area (Å²) >= 11 is 0. The van der Waals surface area contributed by atoms with Gasteiger partial charge in [-0.1, -0.05) is 38.0 Å². The first-order chi connectivity index (χ1) is 20.4. The van der Waals surface area contributed by atoms with Crippen LogP contribution in [0.1, 0.15) is 62.3 Å². The molecule has 5 rings (SSSR count). The highest BCUT2D eigenvalue weighted by atomic mass is 16.5. The number of nitrogens with zero attached hydrogens (tertiary/aromatic N) is 4. The van der Waals surface area contributed by atoms with E-state index in [2.05, 4.69) is 41.2 Å². The van der Waals surface area contributed by atoms with Crippen molar-refractivity contribution in [1.82, 2.24) is 41.2 Å². The zero-order chi connectivity index (χ0) is 29.5. The molecule has 4 aromatic rings. The molecule has 42 heavy (non-hydrogen) atoms. The van der Waals surface area contributed by atoms with E-state index in [1.165, 1.54) is 0 Å². The molecule has 1 aliphatic heterocycles. The van der Waals surface area contributed by atoms with Gasteiger partial charge in [-0.25, -0.2) is 10.4 Å². The number of hydrogen-bond donors (Lipinski definition) is 4. The SMILES string of the molecule is CCC(=O)CCCCC[C@H](NC(=O)Cc1c(C)[nH]c2ccc(OC)cc12)C1=[N+]C=C(c2cccc(-c3nnn[nH]3)c2)N1. The van der Waals surface area contributed by atoms with Crippen LogP contribution < -0.4 is 20.4 Å². The van der Waals surface area contributed by atoms with Crippen molar-refractivity contribution in [3.63, 3.8) is 0 Å². The lowest BCUT2D eigenvalue weighted by Crippen LogP contribution is -2.47.